The number of hydrogen-bond donors (Lipinski definition) is 2. The molecule has 5 nitrogen and oxygen atoms in total. The van der Waals surface area contributed by atoms with Gasteiger partial charge in [-0.15, -0.1) is 0 Å². The molecule has 1 saturated heterocycles. The van der Waals surface area contributed by atoms with Gasteiger partial charge in [0.05, 0.1) is 0 Å². The van der Waals surface area contributed by atoms with Gasteiger partial charge >= 0.3 is 0 Å². The molecule has 2 amide bonds. The van der Waals surface area contributed by atoms with E-state index in [2.05, 4.69) is 24.5 Å². The third-order valence-corrected chi connectivity index (χ3v) is 3.94. The Hall–Kier alpha value is -1.10. The molecule has 1 atom stereocenters. The first-order valence-corrected chi connectivity index (χ1v) is 8.42. The molecular formula is C16H31N3O2. The third kappa shape index (κ3) is 7.46. The summed E-state index contributed by atoms with van der Waals surface area (Å²) in [6.45, 7) is 8.62. The van der Waals surface area contributed by atoms with Gasteiger partial charge in [0.15, 0.2) is 0 Å². The Labute approximate surface area is 128 Å². The molecule has 0 bridgehead atoms. The molecule has 0 spiro atoms. The number of carbonyl (C=O) groups is 2. The van der Waals surface area contributed by atoms with Crippen molar-refractivity contribution in [2.24, 2.45) is 5.92 Å². The lowest BCUT2D eigenvalue weighted by Gasteiger charge is -2.21. The van der Waals surface area contributed by atoms with Crippen LogP contribution in [0.2, 0.25) is 0 Å². The normalized spacial score (nSPS) is 17.7. The zero-order valence-electron chi connectivity index (χ0n) is 13.6. The monoisotopic (exact) mass is 297 g/mol. The molecule has 5 heteroatoms. The summed E-state index contributed by atoms with van der Waals surface area (Å²) in [7, 11) is 0. The smallest absolute Gasteiger partial charge is 0.223 e. The minimum atomic E-state index is 0.00209. The zero-order valence-corrected chi connectivity index (χ0v) is 13.6. The largest absolute Gasteiger partial charge is 0.356 e. The summed E-state index contributed by atoms with van der Waals surface area (Å²) in [4.78, 5) is 25.7. The van der Waals surface area contributed by atoms with Crippen molar-refractivity contribution in [1.82, 2.24) is 15.5 Å². The quantitative estimate of drug-likeness (QED) is 0.643. The maximum atomic E-state index is 12.0. The SMILES string of the molecule is CCCN(CCC)C(=O)CCC(=O)NCCC1CCNC1. The van der Waals surface area contributed by atoms with Crippen molar-refractivity contribution in [3.63, 3.8) is 0 Å². The summed E-state index contributed by atoms with van der Waals surface area (Å²) < 4.78 is 0. The highest BCUT2D eigenvalue weighted by molar-refractivity contribution is 5.83. The van der Waals surface area contributed by atoms with E-state index >= 15 is 0 Å². The van der Waals surface area contributed by atoms with Crippen LogP contribution >= 0.6 is 0 Å². The molecule has 0 aromatic rings. The molecule has 1 heterocycles. The van der Waals surface area contributed by atoms with Crippen LogP contribution in [0.25, 0.3) is 0 Å². The zero-order chi connectivity index (χ0) is 15.5. The van der Waals surface area contributed by atoms with E-state index in [1.807, 2.05) is 4.90 Å². The second kappa shape index (κ2) is 10.6. The molecule has 0 aromatic heterocycles. The molecule has 0 aromatic carbocycles. The van der Waals surface area contributed by atoms with Crippen LogP contribution in [0.15, 0.2) is 0 Å². The maximum absolute atomic E-state index is 12.0. The fourth-order valence-corrected chi connectivity index (χ4v) is 2.74. The topological polar surface area (TPSA) is 61.4 Å². The number of nitrogens with zero attached hydrogens (tertiary/aromatic N) is 1. The Morgan fingerprint density at radius 1 is 1.19 bits per heavy atom. The molecule has 1 aliphatic heterocycles. The van der Waals surface area contributed by atoms with Crippen molar-refractivity contribution in [3.05, 3.63) is 0 Å². The van der Waals surface area contributed by atoms with Crippen LogP contribution in [0.1, 0.15) is 52.4 Å². The van der Waals surface area contributed by atoms with Crippen molar-refractivity contribution >= 4 is 11.8 Å². The van der Waals surface area contributed by atoms with Gasteiger partial charge in [-0.05, 0) is 44.7 Å². The molecule has 1 fully saturated rings. The van der Waals surface area contributed by atoms with Crippen LogP contribution in [0.3, 0.4) is 0 Å². The molecule has 122 valence electrons. The summed E-state index contributed by atoms with van der Waals surface area (Å²) in [6, 6.07) is 0. The van der Waals surface area contributed by atoms with E-state index < -0.39 is 0 Å². The predicted molar refractivity (Wildman–Crippen MR) is 85.0 cm³/mol. The van der Waals surface area contributed by atoms with Crippen molar-refractivity contribution in [2.45, 2.75) is 52.4 Å². The average molecular weight is 297 g/mol. The van der Waals surface area contributed by atoms with Crippen molar-refractivity contribution < 1.29 is 9.59 Å². The lowest BCUT2D eigenvalue weighted by Crippen LogP contribution is -2.34. The lowest BCUT2D eigenvalue weighted by molar-refractivity contribution is -0.133. The standard InChI is InChI=1S/C16H31N3O2/c1-3-11-19(12-4-2)16(21)6-5-15(20)18-10-8-14-7-9-17-13-14/h14,17H,3-13H2,1-2H3,(H,18,20). The lowest BCUT2D eigenvalue weighted by atomic mass is 10.1. The van der Waals surface area contributed by atoms with Gasteiger partial charge in [0, 0.05) is 32.5 Å². The number of carbonyl (C=O) groups excluding carboxylic acids is 2. The molecule has 1 unspecified atom stereocenters. The molecule has 21 heavy (non-hydrogen) atoms. The van der Waals surface area contributed by atoms with E-state index in [1.165, 1.54) is 6.42 Å². The highest BCUT2D eigenvalue weighted by Gasteiger charge is 2.15. The van der Waals surface area contributed by atoms with Crippen LogP contribution in [0.5, 0.6) is 0 Å². The number of rotatable bonds is 10. The second-order valence-electron chi connectivity index (χ2n) is 5.88. The van der Waals surface area contributed by atoms with Gasteiger partial charge in [-0.3, -0.25) is 9.59 Å². The molecule has 1 aliphatic rings. The average Bonchev–Trinajstić information content (AvgIpc) is 2.98. The minimum Gasteiger partial charge on any atom is -0.356 e. The highest BCUT2D eigenvalue weighted by Crippen LogP contribution is 2.10. The number of nitrogens with one attached hydrogen (secondary N) is 2. The molecule has 0 aliphatic carbocycles. The maximum Gasteiger partial charge on any atom is 0.223 e. The van der Waals surface area contributed by atoms with E-state index in [1.54, 1.807) is 0 Å². The fraction of sp³-hybridized carbons (Fsp3) is 0.875. The van der Waals surface area contributed by atoms with Crippen LogP contribution in [0.4, 0.5) is 0 Å². The highest BCUT2D eigenvalue weighted by atomic mass is 16.2. The van der Waals surface area contributed by atoms with E-state index in [0.29, 0.717) is 18.8 Å². The molecule has 2 N–H and O–H groups in total. The van der Waals surface area contributed by atoms with Crippen LogP contribution in [-0.4, -0.2) is 49.4 Å². The summed E-state index contributed by atoms with van der Waals surface area (Å²) in [6.07, 6.45) is 4.81. The minimum absolute atomic E-state index is 0.00209. The first-order valence-electron chi connectivity index (χ1n) is 8.42. The molecular weight excluding hydrogens is 266 g/mol. The van der Waals surface area contributed by atoms with E-state index in [4.69, 9.17) is 0 Å². The second-order valence-corrected chi connectivity index (χ2v) is 5.88. The van der Waals surface area contributed by atoms with Gasteiger partial charge in [0.2, 0.25) is 11.8 Å². The van der Waals surface area contributed by atoms with E-state index in [9.17, 15) is 9.59 Å². The van der Waals surface area contributed by atoms with Crippen LogP contribution in [0, 0.1) is 5.92 Å². The molecule has 1 rings (SSSR count). The summed E-state index contributed by atoms with van der Waals surface area (Å²) in [5.41, 5.74) is 0. The number of hydrogen-bond acceptors (Lipinski definition) is 3. The van der Waals surface area contributed by atoms with Crippen LogP contribution < -0.4 is 10.6 Å². The Morgan fingerprint density at radius 2 is 1.90 bits per heavy atom. The van der Waals surface area contributed by atoms with Gasteiger partial charge < -0.3 is 15.5 Å². The van der Waals surface area contributed by atoms with E-state index in [-0.39, 0.29) is 11.8 Å². The van der Waals surface area contributed by atoms with Gasteiger partial charge in [-0.2, -0.15) is 0 Å². The first kappa shape index (κ1) is 18.0. The molecule has 0 radical (unpaired) electrons. The third-order valence-electron chi connectivity index (χ3n) is 3.94. The fourth-order valence-electron chi connectivity index (χ4n) is 2.74. The van der Waals surface area contributed by atoms with E-state index in [0.717, 1.165) is 52.0 Å². The molecule has 0 saturated carbocycles. The summed E-state index contributed by atoms with van der Waals surface area (Å²) in [5, 5.41) is 6.25. The number of amides is 2. The Bertz CT molecular complexity index is 309. The summed E-state index contributed by atoms with van der Waals surface area (Å²) >= 11 is 0. The van der Waals surface area contributed by atoms with Gasteiger partial charge in [0.25, 0.3) is 0 Å². The van der Waals surface area contributed by atoms with Gasteiger partial charge in [-0.25, -0.2) is 0 Å². The van der Waals surface area contributed by atoms with Crippen molar-refractivity contribution in [1.29, 1.82) is 0 Å². The summed E-state index contributed by atoms with van der Waals surface area (Å²) in [5.74, 6) is 0.799. The van der Waals surface area contributed by atoms with Gasteiger partial charge in [-0.1, -0.05) is 13.8 Å². The first-order chi connectivity index (χ1) is 10.2. The Kier molecular flexibility index (Phi) is 9.06. The predicted octanol–water partition coefficient (Wildman–Crippen LogP) is 1.53. The van der Waals surface area contributed by atoms with Crippen LogP contribution in [-0.2, 0) is 9.59 Å². The Morgan fingerprint density at radius 3 is 2.48 bits per heavy atom. The van der Waals surface area contributed by atoms with Crippen molar-refractivity contribution in [2.75, 3.05) is 32.7 Å². The Balaban J connectivity index is 2.13. The van der Waals surface area contributed by atoms with Gasteiger partial charge in [0.1, 0.15) is 0 Å². The van der Waals surface area contributed by atoms with Crippen molar-refractivity contribution in [3.8, 4) is 0 Å².